The number of rotatable bonds is 4. The van der Waals surface area contributed by atoms with E-state index >= 15 is 0 Å². The summed E-state index contributed by atoms with van der Waals surface area (Å²) in [6.07, 6.45) is 3.43. The van der Waals surface area contributed by atoms with Crippen molar-refractivity contribution in [1.29, 1.82) is 0 Å². The van der Waals surface area contributed by atoms with E-state index < -0.39 is 0 Å². The summed E-state index contributed by atoms with van der Waals surface area (Å²) in [6.45, 7) is 2.14. The zero-order valence-electron chi connectivity index (χ0n) is 14.7. The molecule has 26 heavy (non-hydrogen) atoms. The Morgan fingerprint density at radius 1 is 0.923 bits per heavy atom. The van der Waals surface area contributed by atoms with Gasteiger partial charge in [-0.25, -0.2) is 4.98 Å². The first-order valence-corrected chi connectivity index (χ1v) is 9.16. The summed E-state index contributed by atoms with van der Waals surface area (Å²) < 4.78 is 5.83. The minimum Gasteiger partial charge on any atom is -0.487 e. The van der Waals surface area contributed by atoms with Gasteiger partial charge in [0.25, 0.3) is 5.91 Å². The van der Waals surface area contributed by atoms with Crippen LogP contribution in [-0.4, -0.2) is 28.9 Å². The Hall–Kier alpha value is -2.88. The summed E-state index contributed by atoms with van der Waals surface area (Å²) in [5.74, 6) is 0.864. The standard InChI is InChI=1S/C22H22N2O2/c25-22(24-14-4-1-5-15-24)18-9-12-20(13-10-18)26-16-19-11-8-17-6-2-3-7-21(17)23-19/h2-3,6-13H,1,4-5,14-16H2. The largest absolute Gasteiger partial charge is 0.487 e. The van der Waals surface area contributed by atoms with Crippen molar-refractivity contribution in [3.05, 3.63) is 71.9 Å². The molecule has 1 aromatic heterocycles. The molecular formula is C22H22N2O2. The zero-order valence-corrected chi connectivity index (χ0v) is 14.7. The molecule has 0 unspecified atom stereocenters. The van der Waals surface area contributed by atoms with Gasteiger partial charge in [-0.3, -0.25) is 4.79 Å². The van der Waals surface area contributed by atoms with Crippen molar-refractivity contribution in [2.24, 2.45) is 0 Å². The number of likely N-dealkylation sites (tertiary alicyclic amines) is 1. The molecule has 132 valence electrons. The third-order valence-electron chi connectivity index (χ3n) is 4.79. The molecule has 4 nitrogen and oxygen atoms in total. The lowest BCUT2D eigenvalue weighted by atomic mass is 10.1. The molecule has 0 bridgehead atoms. The van der Waals surface area contributed by atoms with Gasteiger partial charge in [-0.1, -0.05) is 24.3 Å². The summed E-state index contributed by atoms with van der Waals surface area (Å²) in [6, 6.07) is 19.5. The number of hydrogen-bond acceptors (Lipinski definition) is 3. The highest BCUT2D eigenvalue weighted by Crippen LogP contribution is 2.18. The molecule has 1 aliphatic rings. The van der Waals surface area contributed by atoms with Crippen LogP contribution in [0.25, 0.3) is 10.9 Å². The Balaban J connectivity index is 1.39. The molecule has 1 fully saturated rings. The third-order valence-corrected chi connectivity index (χ3v) is 4.79. The SMILES string of the molecule is O=C(c1ccc(OCc2ccc3ccccc3n2)cc1)N1CCCCC1. The van der Waals surface area contributed by atoms with E-state index in [-0.39, 0.29) is 5.91 Å². The number of nitrogens with zero attached hydrogens (tertiary/aromatic N) is 2. The minimum absolute atomic E-state index is 0.118. The van der Waals surface area contributed by atoms with Crippen LogP contribution in [0, 0.1) is 0 Å². The average molecular weight is 346 g/mol. The van der Waals surface area contributed by atoms with E-state index in [1.54, 1.807) is 0 Å². The van der Waals surface area contributed by atoms with Gasteiger partial charge in [0, 0.05) is 24.0 Å². The van der Waals surface area contributed by atoms with E-state index in [2.05, 4.69) is 11.1 Å². The summed E-state index contributed by atoms with van der Waals surface area (Å²) in [5, 5.41) is 1.12. The number of piperidine rings is 1. The Morgan fingerprint density at radius 2 is 1.69 bits per heavy atom. The van der Waals surface area contributed by atoms with Crippen LogP contribution in [-0.2, 0) is 6.61 Å². The van der Waals surface area contributed by atoms with E-state index in [0.29, 0.717) is 6.61 Å². The van der Waals surface area contributed by atoms with Crippen molar-refractivity contribution < 1.29 is 9.53 Å². The van der Waals surface area contributed by atoms with Crippen LogP contribution in [0.2, 0.25) is 0 Å². The van der Waals surface area contributed by atoms with E-state index in [1.165, 1.54) is 6.42 Å². The molecule has 4 heteroatoms. The lowest BCUT2D eigenvalue weighted by Gasteiger charge is -2.26. The Labute approximate surface area is 153 Å². The highest BCUT2D eigenvalue weighted by Gasteiger charge is 2.17. The Bertz CT molecular complexity index is 899. The maximum absolute atomic E-state index is 12.5. The van der Waals surface area contributed by atoms with E-state index in [9.17, 15) is 4.79 Å². The molecule has 2 heterocycles. The average Bonchev–Trinajstić information content (AvgIpc) is 2.72. The molecule has 1 aliphatic heterocycles. The second-order valence-corrected chi connectivity index (χ2v) is 6.66. The van der Waals surface area contributed by atoms with E-state index in [1.807, 2.05) is 59.5 Å². The van der Waals surface area contributed by atoms with Crippen LogP contribution in [0.1, 0.15) is 35.3 Å². The quantitative estimate of drug-likeness (QED) is 0.701. The molecule has 0 atom stereocenters. The predicted molar refractivity (Wildman–Crippen MR) is 102 cm³/mol. The Kier molecular flexibility index (Phi) is 4.82. The van der Waals surface area contributed by atoms with E-state index in [4.69, 9.17) is 4.74 Å². The second kappa shape index (κ2) is 7.56. The van der Waals surface area contributed by atoms with Gasteiger partial charge in [0.15, 0.2) is 0 Å². The van der Waals surface area contributed by atoms with Gasteiger partial charge in [-0.15, -0.1) is 0 Å². The highest BCUT2D eigenvalue weighted by atomic mass is 16.5. The molecule has 1 amide bonds. The number of ether oxygens (including phenoxy) is 1. The number of hydrogen-bond donors (Lipinski definition) is 0. The van der Waals surface area contributed by atoms with Gasteiger partial charge in [0.05, 0.1) is 11.2 Å². The van der Waals surface area contributed by atoms with Gasteiger partial charge in [0.2, 0.25) is 0 Å². The van der Waals surface area contributed by atoms with Crippen molar-refractivity contribution in [2.45, 2.75) is 25.9 Å². The summed E-state index contributed by atoms with van der Waals surface area (Å²) in [7, 11) is 0. The number of aromatic nitrogens is 1. The fourth-order valence-corrected chi connectivity index (χ4v) is 3.32. The van der Waals surface area contributed by atoms with Crippen LogP contribution in [0.3, 0.4) is 0 Å². The number of para-hydroxylation sites is 1. The number of amides is 1. The number of pyridine rings is 1. The van der Waals surface area contributed by atoms with Crippen LogP contribution in [0.4, 0.5) is 0 Å². The van der Waals surface area contributed by atoms with Crippen LogP contribution in [0.5, 0.6) is 5.75 Å². The molecule has 0 radical (unpaired) electrons. The molecule has 3 aromatic rings. The first kappa shape index (κ1) is 16.6. The first-order chi connectivity index (χ1) is 12.8. The lowest BCUT2D eigenvalue weighted by molar-refractivity contribution is 0.0724. The number of carbonyl (C=O) groups excluding carboxylic acids is 1. The lowest BCUT2D eigenvalue weighted by Crippen LogP contribution is -2.35. The topological polar surface area (TPSA) is 42.4 Å². The monoisotopic (exact) mass is 346 g/mol. The van der Waals surface area contributed by atoms with Crippen molar-refractivity contribution >= 4 is 16.8 Å². The number of fused-ring (bicyclic) bond motifs is 1. The molecule has 4 rings (SSSR count). The minimum atomic E-state index is 0.118. The summed E-state index contributed by atoms with van der Waals surface area (Å²) in [4.78, 5) is 19.0. The van der Waals surface area contributed by atoms with Gasteiger partial charge in [-0.2, -0.15) is 0 Å². The summed E-state index contributed by atoms with van der Waals surface area (Å²) in [5.41, 5.74) is 2.58. The number of carbonyl (C=O) groups is 1. The van der Waals surface area contributed by atoms with E-state index in [0.717, 1.165) is 53.8 Å². The molecule has 0 N–H and O–H groups in total. The number of benzene rings is 2. The zero-order chi connectivity index (χ0) is 17.8. The van der Waals surface area contributed by atoms with Gasteiger partial charge in [0.1, 0.15) is 12.4 Å². The first-order valence-electron chi connectivity index (χ1n) is 9.16. The van der Waals surface area contributed by atoms with Crippen molar-refractivity contribution in [2.75, 3.05) is 13.1 Å². The smallest absolute Gasteiger partial charge is 0.253 e. The van der Waals surface area contributed by atoms with Crippen molar-refractivity contribution in [1.82, 2.24) is 9.88 Å². The van der Waals surface area contributed by atoms with Crippen LogP contribution in [0.15, 0.2) is 60.7 Å². The van der Waals surface area contributed by atoms with Gasteiger partial charge in [-0.05, 0) is 55.7 Å². The van der Waals surface area contributed by atoms with Crippen molar-refractivity contribution in [3.8, 4) is 5.75 Å². The fraction of sp³-hybridized carbons (Fsp3) is 0.273. The van der Waals surface area contributed by atoms with Crippen molar-refractivity contribution in [3.63, 3.8) is 0 Å². The molecule has 0 aliphatic carbocycles. The van der Waals surface area contributed by atoms with Gasteiger partial charge < -0.3 is 9.64 Å². The third kappa shape index (κ3) is 3.69. The molecule has 0 spiro atoms. The van der Waals surface area contributed by atoms with Crippen LogP contribution < -0.4 is 4.74 Å². The molecular weight excluding hydrogens is 324 g/mol. The highest BCUT2D eigenvalue weighted by molar-refractivity contribution is 5.94. The summed E-state index contributed by atoms with van der Waals surface area (Å²) >= 11 is 0. The Morgan fingerprint density at radius 3 is 2.50 bits per heavy atom. The molecule has 1 saturated heterocycles. The van der Waals surface area contributed by atoms with Gasteiger partial charge >= 0.3 is 0 Å². The predicted octanol–water partition coefficient (Wildman–Crippen LogP) is 4.44. The maximum Gasteiger partial charge on any atom is 0.253 e. The molecule has 0 saturated carbocycles. The van der Waals surface area contributed by atoms with Crippen LogP contribution >= 0.6 is 0 Å². The maximum atomic E-state index is 12.5. The fourth-order valence-electron chi connectivity index (χ4n) is 3.32. The second-order valence-electron chi connectivity index (χ2n) is 6.66. The molecule has 2 aromatic carbocycles. The normalized spacial score (nSPS) is 14.4.